The Kier molecular flexibility index (Phi) is 3.03. The second-order valence-corrected chi connectivity index (χ2v) is 2.76. The number of carbonyl (C=O) groups is 1. The minimum absolute atomic E-state index is 0.251. The van der Waals surface area contributed by atoms with Crippen molar-refractivity contribution < 1.29 is 19.1 Å². The average Bonchev–Trinajstić information content (AvgIpc) is 2.01. The van der Waals surface area contributed by atoms with Gasteiger partial charge in [-0.3, -0.25) is 4.79 Å². The first-order valence-electron chi connectivity index (χ1n) is 3.92. The van der Waals surface area contributed by atoms with E-state index in [2.05, 4.69) is 9.15 Å². The smallest absolute Gasteiger partial charge is 0.350 e. The van der Waals surface area contributed by atoms with Crippen molar-refractivity contribution in [3.63, 3.8) is 0 Å². The van der Waals surface area contributed by atoms with Crippen molar-refractivity contribution in [1.29, 1.82) is 0 Å². The fraction of sp³-hybridized carbons (Fsp3) is 0.333. The zero-order valence-corrected chi connectivity index (χ0v) is 7.86. The van der Waals surface area contributed by atoms with E-state index >= 15 is 0 Å². The highest BCUT2D eigenvalue weighted by atomic mass is 16.5. The van der Waals surface area contributed by atoms with Gasteiger partial charge in [0.25, 0.3) is 0 Å². The van der Waals surface area contributed by atoms with Crippen molar-refractivity contribution in [3.05, 3.63) is 27.8 Å². The number of aromatic hydroxyl groups is 1. The number of ether oxygens (including phenoxy) is 1. The van der Waals surface area contributed by atoms with Gasteiger partial charge in [-0.25, -0.2) is 4.79 Å². The van der Waals surface area contributed by atoms with Gasteiger partial charge in [-0.1, -0.05) is 0 Å². The molecule has 1 aromatic rings. The van der Waals surface area contributed by atoms with Gasteiger partial charge in [0.2, 0.25) is 0 Å². The summed E-state index contributed by atoms with van der Waals surface area (Å²) < 4.78 is 9.22. The molecule has 1 N–H and O–H groups in total. The molecule has 76 valence electrons. The molecule has 0 fully saturated rings. The Balaban J connectivity index is 3.21. The highest BCUT2D eigenvalue weighted by Gasteiger charge is 2.17. The van der Waals surface area contributed by atoms with Crippen LogP contribution in [0.2, 0.25) is 0 Å². The lowest BCUT2D eigenvalue weighted by molar-refractivity contribution is 0.0840. The molecule has 0 saturated carbocycles. The minimum atomic E-state index is -0.843. The Morgan fingerprint density at radius 3 is 2.79 bits per heavy atom. The molecule has 14 heavy (non-hydrogen) atoms. The summed E-state index contributed by atoms with van der Waals surface area (Å²) in [5.41, 5.74) is -1.21. The number of carbonyl (C=O) groups excluding carboxylic acids is 1. The van der Waals surface area contributed by atoms with Crippen LogP contribution in [0.25, 0.3) is 0 Å². The summed E-state index contributed by atoms with van der Waals surface area (Å²) in [4.78, 5) is 22.4. The number of hydrogen-bond donors (Lipinski definition) is 1. The summed E-state index contributed by atoms with van der Waals surface area (Å²) in [6.45, 7) is 1.24. The van der Waals surface area contributed by atoms with Gasteiger partial charge in [-0.15, -0.1) is 0 Å². The van der Waals surface area contributed by atoms with Crippen LogP contribution in [0.4, 0.5) is 0 Å². The van der Waals surface area contributed by atoms with Gasteiger partial charge in [-0.2, -0.15) is 0 Å². The fourth-order valence-corrected chi connectivity index (χ4v) is 1.06. The van der Waals surface area contributed by atoms with Gasteiger partial charge in [0.1, 0.15) is 23.7 Å². The van der Waals surface area contributed by atoms with Gasteiger partial charge in [-0.05, 0) is 6.92 Å². The maximum Gasteiger partial charge on any atom is 0.350 e. The Labute approximate surface area is 79.9 Å². The maximum atomic E-state index is 11.3. The van der Waals surface area contributed by atoms with E-state index in [1.807, 2.05) is 0 Å². The third-order valence-electron chi connectivity index (χ3n) is 1.61. The van der Waals surface area contributed by atoms with Crippen LogP contribution in [0.3, 0.4) is 0 Å². The molecule has 1 aromatic heterocycles. The predicted molar refractivity (Wildman–Crippen MR) is 47.6 cm³/mol. The third-order valence-corrected chi connectivity index (χ3v) is 1.61. The molecule has 0 saturated heterocycles. The van der Waals surface area contributed by atoms with Gasteiger partial charge < -0.3 is 14.3 Å². The molecule has 0 aliphatic rings. The second-order valence-electron chi connectivity index (χ2n) is 2.76. The van der Waals surface area contributed by atoms with E-state index in [-0.39, 0.29) is 23.7 Å². The molecular weight excluding hydrogens is 188 g/mol. The van der Waals surface area contributed by atoms with Crippen molar-refractivity contribution in [2.45, 2.75) is 6.92 Å². The van der Waals surface area contributed by atoms with E-state index in [1.54, 1.807) is 0 Å². The Bertz CT molecular complexity index is 404. The van der Waals surface area contributed by atoms with E-state index in [0.29, 0.717) is 0 Å². The van der Waals surface area contributed by atoms with Crippen molar-refractivity contribution >= 4 is 5.78 Å². The standard InChI is InChI=1S/C9H10O5/c1-5-3-6(10)8(9(12)14-5)7(11)4-13-2/h3,10H,4H2,1-2H3. The van der Waals surface area contributed by atoms with E-state index < -0.39 is 11.4 Å². The van der Waals surface area contributed by atoms with Crippen LogP contribution in [0.1, 0.15) is 16.1 Å². The molecule has 0 atom stereocenters. The van der Waals surface area contributed by atoms with Crippen LogP contribution >= 0.6 is 0 Å². The van der Waals surface area contributed by atoms with Crippen LogP contribution in [0.5, 0.6) is 5.75 Å². The van der Waals surface area contributed by atoms with Crippen molar-refractivity contribution in [2.75, 3.05) is 13.7 Å². The summed E-state index contributed by atoms with van der Waals surface area (Å²) in [7, 11) is 1.32. The molecule has 1 heterocycles. The van der Waals surface area contributed by atoms with Crippen LogP contribution in [0, 0.1) is 6.92 Å². The van der Waals surface area contributed by atoms with Gasteiger partial charge >= 0.3 is 5.63 Å². The monoisotopic (exact) mass is 198 g/mol. The molecule has 0 aliphatic carbocycles. The fourth-order valence-electron chi connectivity index (χ4n) is 1.06. The minimum Gasteiger partial charge on any atom is -0.507 e. The summed E-state index contributed by atoms with van der Waals surface area (Å²) in [5.74, 6) is -0.721. The molecule has 5 nitrogen and oxygen atoms in total. The van der Waals surface area contributed by atoms with E-state index in [1.165, 1.54) is 20.1 Å². The molecule has 1 rings (SSSR count). The molecular formula is C9H10O5. The lowest BCUT2D eigenvalue weighted by Crippen LogP contribution is -2.18. The molecule has 0 aromatic carbocycles. The van der Waals surface area contributed by atoms with Gasteiger partial charge in [0.05, 0.1) is 0 Å². The SMILES string of the molecule is COCC(=O)c1c(O)cc(C)oc1=O. The molecule has 5 heteroatoms. The van der Waals surface area contributed by atoms with Crippen molar-refractivity contribution in [1.82, 2.24) is 0 Å². The topological polar surface area (TPSA) is 76.7 Å². The number of rotatable bonds is 3. The summed E-state index contributed by atoms with van der Waals surface area (Å²) >= 11 is 0. The normalized spacial score (nSPS) is 10.1. The van der Waals surface area contributed by atoms with Crippen LogP contribution < -0.4 is 5.63 Å². The summed E-state index contributed by atoms with van der Waals surface area (Å²) in [6.07, 6.45) is 0. The molecule has 0 bridgehead atoms. The third kappa shape index (κ3) is 2.00. The molecule has 0 unspecified atom stereocenters. The highest BCUT2D eigenvalue weighted by Crippen LogP contribution is 2.14. The Morgan fingerprint density at radius 2 is 2.29 bits per heavy atom. The van der Waals surface area contributed by atoms with E-state index in [9.17, 15) is 14.7 Å². The lowest BCUT2D eigenvalue weighted by Gasteiger charge is -2.01. The quantitative estimate of drug-likeness (QED) is 0.715. The molecule has 0 amide bonds. The molecule has 0 radical (unpaired) electrons. The first kappa shape index (κ1) is 10.5. The first-order valence-corrected chi connectivity index (χ1v) is 3.92. The predicted octanol–water partition coefficient (Wildman–Crippen LogP) is 0.483. The van der Waals surface area contributed by atoms with Gasteiger partial charge in [0.15, 0.2) is 5.78 Å². The molecule has 0 spiro atoms. The van der Waals surface area contributed by atoms with Crippen LogP contribution in [-0.2, 0) is 4.74 Å². The van der Waals surface area contributed by atoms with Crippen LogP contribution in [0.15, 0.2) is 15.3 Å². The number of Topliss-reactive ketones (excluding diaryl/α,β-unsaturated/α-hetero) is 1. The van der Waals surface area contributed by atoms with Gasteiger partial charge in [0, 0.05) is 13.2 Å². The lowest BCUT2D eigenvalue weighted by atomic mass is 10.2. The number of methoxy groups -OCH3 is 1. The second kappa shape index (κ2) is 4.06. The Morgan fingerprint density at radius 1 is 1.64 bits per heavy atom. The maximum absolute atomic E-state index is 11.3. The summed E-state index contributed by atoms with van der Waals surface area (Å²) in [6, 6.07) is 1.21. The first-order chi connectivity index (χ1) is 6.56. The van der Waals surface area contributed by atoms with Crippen molar-refractivity contribution in [2.24, 2.45) is 0 Å². The van der Waals surface area contributed by atoms with Crippen molar-refractivity contribution in [3.8, 4) is 5.75 Å². The number of hydrogen-bond acceptors (Lipinski definition) is 5. The number of aryl methyl sites for hydroxylation is 1. The number of ketones is 1. The average molecular weight is 198 g/mol. The largest absolute Gasteiger partial charge is 0.507 e. The highest BCUT2D eigenvalue weighted by molar-refractivity contribution is 5.98. The van der Waals surface area contributed by atoms with E-state index in [0.717, 1.165) is 0 Å². The summed E-state index contributed by atoms with van der Waals surface area (Å²) in [5, 5.41) is 9.33. The zero-order chi connectivity index (χ0) is 10.7. The van der Waals surface area contributed by atoms with Crippen LogP contribution in [-0.4, -0.2) is 24.6 Å². The molecule has 0 aliphatic heterocycles. The zero-order valence-electron chi connectivity index (χ0n) is 7.86. The Hall–Kier alpha value is -1.62. The van der Waals surface area contributed by atoms with E-state index in [4.69, 9.17) is 0 Å².